The molecule has 0 aromatic carbocycles. The number of hydrogen-bond acceptors (Lipinski definition) is 8. The first-order valence-corrected chi connectivity index (χ1v) is 9.34. The molecule has 3 rings (SSSR count). The van der Waals surface area contributed by atoms with Gasteiger partial charge in [-0.3, -0.25) is 0 Å². The third kappa shape index (κ3) is 5.99. The maximum Gasteiger partial charge on any atom is 0.156 e. The molecule has 1 aliphatic heterocycles. The van der Waals surface area contributed by atoms with Crippen molar-refractivity contribution in [3.8, 4) is 0 Å². The van der Waals surface area contributed by atoms with Gasteiger partial charge in [0.25, 0.3) is 0 Å². The summed E-state index contributed by atoms with van der Waals surface area (Å²) in [5, 5.41) is 17.3. The highest BCUT2D eigenvalue weighted by Crippen LogP contribution is 2.21. The summed E-state index contributed by atoms with van der Waals surface area (Å²) < 4.78 is 5.49. The number of rotatable bonds is 7. The summed E-state index contributed by atoms with van der Waals surface area (Å²) in [4.78, 5) is 9.39. The summed E-state index contributed by atoms with van der Waals surface area (Å²) in [5.41, 5.74) is 2.33. The van der Waals surface area contributed by atoms with E-state index in [0.29, 0.717) is 19.8 Å². The lowest BCUT2D eigenvalue weighted by molar-refractivity contribution is 0.128. The lowest BCUT2D eigenvalue weighted by Gasteiger charge is -2.14. The van der Waals surface area contributed by atoms with E-state index in [0.717, 1.165) is 59.7 Å². The quantitative estimate of drug-likeness (QED) is 0.711. The Morgan fingerprint density at radius 3 is 2.58 bits per heavy atom. The van der Waals surface area contributed by atoms with Crippen molar-refractivity contribution in [1.29, 1.82) is 0 Å². The molecule has 0 saturated heterocycles. The maximum atomic E-state index is 5.49. The van der Waals surface area contributed by atoms with Crippen LogP contribution >= 0.6 is 36.2 Å². The largest absolute Gasteiger partial charge is 0.374 e. The minimum Gasteiger partial charge on any atom is -0.374 e. The van der Waals surface area contributed by atoms with Crippen LogP contribution in [0.15, 0.2) is 0 Å². The maximum absolute atomic E-state index is 5.49. The van der Waals surface area contributed by atoms with Crippen molar-refractivity contribution in [2.45, 2.75) is 46.3 Å². The number of aromatic nitrogens is 4. The molecule has 0 saturated carbocycles. The van der Waals surface area contributed by atoms with Gasteiger partial charge in [0.1, 0.15) is 22.4 Å². The Labute approximate surface area is 170 Å². The van der Waals surface area contributed by atoms with Crippen LogP contribution in [0.25, 0.3) is 0 Å². The fourth-order valence-corrected chi connectivity index (χ4v) is 3.39. The van der Waals surface area contributed by atoms with Crippen molar-refractivity contribution in [2.75, 3.05) is 25.0 Å². The van der Waals surface area contributed by atoms with Crippen molar-refractivity contribution in [3.05, 3.63) is 27.1 Å². The van der Waals surface area contributed by atoms with Crippen LogP contribution in [0.3, 0.4) is 0 Å². The topological polar surface area (TPSA) is 84.8 Å². The number of anilines is 1. The van der Waals surface area contributed by atoms with Crippen molar-refractivity contribution >= 4 is 42.0 Å². The van der Waals surface area contributed by atoms with Crippen molar-refractivity contribution < 1.29 is 4.74 Å². The second-order valence-electron chi connectivity index (χ2n) is 5.60. The number of nitrogens with one attached hydrogen (secondary N) is 2. The van der Waals surface area contributed by atoms with Crippen LogP contribution in [-0.2, 0) is 37.2 Å². The molecule has 0 amide bonds. The van der Waals surface area contributed by atoms with E-state index in [1.54, 1.807) is 11.3 Å². The highest BCUT2D eigenvalue weighted by Gasteiger charge is 2.17. The van der Waals surface area contributed by atoms with E-state index in [-0.39, 0.29) is 24.8 Å². The minimum atomic E-state index is 0. The zero-order chi connectivity index (χ0) is 16.8. The van der Waals surface area contributed by atoms with Crippen LogP contribution in [0, 0.1) is 0 Å². The molecule has 3 heterocycles. The van der Waals surface area contributed by atoms with E-state index in [1.165, 1.54) is 5.56 Å². The molecule has 0 aliphatic carbocycles. The van der Waals surface area contributed by atoms with E-state index in [4.69, 9.17) is 9.72 Å². The second kappa shape index (κ2) is 11.6. The molecule has 10 heteroatoms. The number of nitrogens with zero attached hydrogens (tertiary/aromatic N) is 4. The van der Waals surface area contributed by atoms with Gasteiger partial charge < -0.3 is 15.4 Å². The molecule has 0 fully saturated rings. The van der Waals surface area contributed by atoms with E-state index in [9.17, 15) is 0 Å². The minimum absolute atomic E-state index is 0. The molecule has 0 spiro atoms. The summed E-state index contributed by atoms with van der Waals surface area (Å²) in [5.74, 6) is 1.65. The molecule has 146 valence electrons. The summed E-state index contributed by atoms with van der Waals surface area (Å²) in [6.07, 6.45) is 2.78. The summed E-state index contributed by atoms with van der Waals surface area (Å²) in [6, 6.07) is 0. The Morgan fingerprint density at radius 1 is 1.08 bits per heavy atom. The Kier molecular flexibility index (Phi) is 10.3. The van der Waals surface area contributed by atoms with Crippen LogP contribution in [0.5, 0.6) is 0 Å². The second-order valence-corrected chi connectivity index (χ2v) is 6.74. The van der Waals surface area contributed by atoms with Crippen LogP contribution in [0.1, 0.15) is 40.9 Å². The van der Waals surface area contributed by atoms with Crippen LogP contribution in [0.4, 0.5) is 5.82 Å². The van der Waals surface area contributed by atoms with E-state index in [2.05, 4.69) is 32.7 Å². The fraction of sp³-hybridized carbons (Fsp3) is 0.625. The molecule has 26 heavy (non-hydrogen) atoms. The van der Waals surface area contributed by atoms with Crippen molar-refractivity contribution in [3.63, 3.8) is 0 Å². The van der Waals surface area contributed by atoms with E-state index in [1.807, 2.05) is 6.92 Å². The lowest BCUT2D eigenvalue weighted by atomic mass is 10.1. The Morgan fingerprint density at radius 2 is 1.85 bits per heavy atom. The third-order valence-electron chi connectivity index (χ3n) is 3.88. The number of hydrogen-bond donors (Lipinski definition) is 2. The van der Waals surface area contributed by atoms with Gasteiger partial charge in [-0.05, 0) is 26.3 Å². The fourth-order valence-electron chi connectivity index (χ4n) is 2.66. The number of halogens is 2. The van der Waals surface area contributed by atoms with Crippen LogP contribution in [0.2, 0.25) is 0 Å². The smallest absolute Gasteiger partial charge is 0.156 e. The van der Waals surface area contributed by atoms with Crippen molar-refractivity contribution in [2.24, 2.45) is 0 Å². The SMILES string of the molecule is CCOCc1nc2c(c(NCc3nnc(CC)s3)n1)CCNCC2.Cl.Cl. The Bertz CT molecular complexity index is 685. The molecular weight excluding hydrogens is 395 g/mol. The normalized spacial score (nSPS) is 13.2. The molecular formula is C16H26Cl2N6OS. The summed E-state index contributed by atoms with van der Waals surface area (Å²) in [6.45, 7) is 7.73. The van der Waals surface area contributed by atoms with E-state index < -0.39 is 0 Å². The number of ether oxygens (including phenoxy) is 1. The van der Waals surface area contributed by atoms with Gasteiger partial charge in [0.15, 0.2) is 5.82 Å². The zero-order valence-corrected chi connectivity index (χ0v) is 17.5. The van der Waals surface area contributed by atoms with Gasteiger partial charge in [0.2, 0.25) is 0 Å². The average molecular weight is 421 g/mol. The molecule has 2 N–H and O–H groups in total. The Balaban J connectivity index is 0.00000169. The zero-order valence-electron chi connectivity index (χ0n) is 15.1. The molecule has 2 aromatic rings. The number of fused-ring (bicyclic) bond motifs is 1. The summed E-state index contributed by atoms with van der Waals surface area (Å²) >= 11 is 1.65. The highest BCUT2D eigenvalue weighted by molar-refractivity contribution is 7.11. The first kappa shape index (κ1) is 23.0. The average Bonchev–Trinajstić information content (AvgIpc) is 2.94. The van der Waals surface area contributed by atoms with Gasteiger partial charge in [0, 0.05) is 25.1 Å². The molecule has 1 aliphatic rings. The molecule has 7 nitrogen and oxygen atoms in total. The summed E-state index contributed by atoms with van der Waals surface area (Å²) in [7, 11) is 0. The van der Waals surface area contributed by atoms with Gasteiger partial charge in [-0.2, -0.15) is 0 Å². The number of aryl methyl sites for hydroxylation is 1. The monoisotopic (exact) mass is 420 g/mol. The molecule has 0 radical (unpaired) electrons. The molecule has 2 aromatic heterocycles. The first-order valence-electron chi connectivity index (χ1n) is 8.52. The van der Waals surface area contributed by atoms with Gasteiger partial charge in [0.05, 0.1) is 12.2 Å². The first-order chi connectivity index (χ1) is 11.8. The third-order valence-corrected chi connectivity index (χ3v) is 4.95. The van der Waals surface area contributed by atoms with Crippen LogP contribution in [-0.4, -0.2) is 39.9 Å². The molecule has 0 bridgehead atoms. The Hall–Kier alpha value is -1.06. The molecule has 0 atom stereocenters. The van der Waals surface area contributed by atoms with Gasteiger partial charge in [-0.25, -0.2) is 9.97 Å². The lowest BCUT2D eigenvalue weighted by Crippen LogP contribution is -2.16. The highest BCUT2D eigenvalue weighted by atomic mass is 35.5. The van der Waals surface area contributed by atoms with E-state index >= 15 is 0 Å². The molecule has 0 unspecified atom stereocenters. The van der Waals surface area contributed by atoms with Gasteiger partial charge >= 0.3 is 0 Å². The standard InChI is InChI=1S/C16H24N6OS.2ClH/c1-3-14-21-22-15(24-14)9-18-16-11-5-7-17-8-6-12(11)19-13(20-16)10-23-4-2;;/h17H,3-10H2,1-2H3,(H,18,19,20);2*1H. The van der Waals surface area contributed by atoms with Gasteiger partial charge in [-0.15, -0.1) is 35.0 Å². The predicted octanol–water partition coefficient (Wildman–Crippen LogP) is 2.57. The predicted molar refractivity (Wildman–Crippen MR) is 109 cm³/mol. The van der Waals surface area contributed by atoms with Crippen molar-refractivity contribution in [1.82, 2.24) is 25.5 Å². The van der Waals surface area contributed by atoms with Gasteiger partial charge in [-0.1, -0.05) is 18.3 Å². The van der Waals surface area contributed by atoms with Crippen LogP contribution < -0.4 is 10.6 Å².